The molecule has 0 radical (unpaired) electrons. The van der Waals surface area contributed by atoms with Crippen LogP contribution in [0, 0.1) is 5.41 Å². The number of rotatable bonds is 4. The van der Waals surface area contributed by atoms with Crippen LogP contribution >= 0.6 is 35.0 Å². The number of halogens is 2. The van der Waals surface area contributed by atoms with Gasteiger partial charge in [-0.25, -0.2) is 0 Å². The zero-order chi connectivity index (χ0) is 15.8. The van der Waals surface area contributed by atoms with Crippen molar-refractivity contribution in [3.63, 3.8) is 0 Å². The van der Waals surface area contributed by atoms with Gasteiger partial charge in [-0.05, 0) is 26.2 Å². The second kappa shape index (κ2) is 6.34. The normalized spacial score (nSPS) is 34.1. The van der Waals surface area contributed by atoms with Crippen LogP contribution in [0.3, 0.4) is 0 Å². The SMILES string of the molecule is CC1(C(=O)NCC2(N3CCSCC3)CCCCC2)CC1(Cl)Cl. The van der Waals surface area contributed by atoms with Crippen LogP contribution in [0.25, 0.3) is 0 Å². The topological polar surface area (TPSA) is 32.3 Å². The zero-order valence-electron chi connectivity index (χ0n) is 13.3. The van der Waals surface area contributed by atoms with E-state index in [1.54, 1.807) is 0 Å². The average Bonchev–Trinajstić information content (AvgIpc) is 3.06. The van der Waals surface area contributed by atoms with Gasteiger partial charge >= 0.3 is 0 Å². The van der Waals surface area contributed by atoms with Crippen molar-refractivity contribution in [1.29, 1.82) is 0 Å². The molecule has 1 heterocycles. The van der Waals surface area contributed by atoms with Gasteiger partial charge in [-0.2, -0.15) is 11.8 Å². The van der Waals surface area contributed by atoms with E-state index in [-0.39, 0.29) is 11.4 Å². The first-order valence-corrected chi connectivity index (χ1v) is 10.3. The first-order valence-electron chi connectivity index (χ1n) is 8.39. The fourth-order valence-electron chi connectivity index (χ4n) is 3.94. The summed E-state index contributed by atoms with van der Waals surface area (Å²) in [6, 6.07) is 0. The third-order valence-electron chi connectivity index (χ3n) is 5.80. The van der Waals surface area contributed by atoms with Crippen molar-refractivity contribution in [3.8, 4) is 0 Å². The summed E-state index contributed by atoms with van der Waals surface area (Å²) in [5.74, 6) is 2.44. The summed E-state index contributed by atoms with van der Waals surface area (Å²) < 4.78 is -0.876. The molecule has 0 bridgehead atoms. The number of nitrogens with one attached hydrogen (secondary N) is 1. The van der Waals surface area contributed by atoms with Gasteiger partial charge in [0.2, 0.25) is 5.91 Å². The van der Waals surface area contributed by atoms with E-state index in [0.29, 0.717) is 6.42 Å². The molecule has 1 atom stereocenters. The predicted octanol–water partition coefficient (Wildman–Crippen LogP) is 3.44. The molecule has 1 aliphatic heterocycles. The van der Waals surface area contributed by atoms with Gasteiger partial charge in [-0.15, -0.1) is 23.2 Å². The van der Waals surface area contributed by atoms with Crippen LogP contribution in [0.2, 0.25) is 0 Å². The third-order valence-corrected chi connectivity index (χ3v) is 7.85. The number of alkyl halides is 2. The van der Waals surface area contributed by atoms with Crippen LogP contribution in [0.5, 0.6) is 0 Å². The molecule has 3 aliphatic rings. The smallest absolute Gasteiger partial charge is 0.229 e. The highest BCUT2D eigenvalue weighted by Crippen LogP contribution is 2.63. The molecule has 126 valence electrons. The molecule has 6 heteroatoms. The summed E-state index contributed by atoms with van der Waals surface area (Å²) in [6.45, 7) is 4.91. The van der Waals surface area contributed by atoms with Crippen LogP contribution < -0.4 is 5.32 Å². The van der Waals surface area contributed by atoms with E-state index in [0.717, 1.165) is 19.6 Å². The van der Waals surface area contributed by atoms with E-state index >= 15 is 0 Å². The van der Waals surface area contributed by atoms with Crippen LogP contribution in [-0.2, 0) is 4.79 Å². The summed E-state index contributed by atoms with van der Waals surface area (Å²) >= 11 is 14.3. The molecule has 22 heavy (non-hydrogen) atoms. The predicted molar refractivity (Wildman–Crippen MR) is 94.9 cm³/mol. The van der Waals surface area contributed by atoms with Crippen molar-refractivity contribution in [2.24, 2.45) is 5.41 Å². The van der Waals surface area contributed by atoms with Crippen molar-refractivity contribution in [1.82, 2.24) is 10.2 Å². The lowest BCUT2D eigenvalue weighted by molar-refractivity contribution is -0.126. The lowest BCUT2D eigenvalue weighted by Crippen LogP contribution is -2.59. The highest BCUT2D eigenvalue weighted by atomic mass is 35.5. The van der Waals surface area contributed by atoms with Gasteiger partial charge in [0.05, 0.1) is 5.41 Å². The molecule has 1 N–H and O–H groups in total. The van der Waals surface area contributed by atoms with Crippen LogP contribution in [0.4, 0.5) is 0 Å². The third kappa shape index (κ3) is 3.13. The number of nitrogens with zero attached hydrogens (tertiary/aromatic N) is 1. The maximum Gasteiger partial charge on any atom is 0.229 e. The molecular formula is C16H26Cl2N2OS. The standard InChI is InChI=1S/C16H26Cl2N2OS/c1-14(11-16(14,17)18)13(21)19-12-15(5-3-2-4-6-15)20-7-9-22-10-8-20/h2-12H2,1H3,(H,19,21). The molecule has 3 fully saturated rings. The Labute approximate surface area is 147 Å². The molecule has 1 amide bonds. The van der Waals surface area contributed by atoms with Crippen molar-refractivity contribution in [2.75, 3.05) is 31.1 Å². The molecule has 0 aromatic carbocycles. The minimum Gasteiger partial charge on any atom is -0.354 e. The lowest BCUT2D eigenvalue weighted by atomic mass is 9.79. The van der Waals surface area contributed by atoms with Gasteiger partial charge in [0.15, 0.2) is 0 Å². The Morgan fingerprint density at radius 2 is 1.77 bits per heavy atom. The maximum absolute atomic E-state index is 12.5. The fraction of sp³-hybridized carbons (Fsp3) is 0.938. The Kier molecular flexibility index (Phi) is 4.96. The second-order valence-corrected chi connectivity index (χ2v) is 9.99. The van der Waals surface area contributed by atoms with E-state index in [1.165, 1.54) is 43.6 Å². The number of amides is 1. The first kappa shape index (κ1) is 17.2. The average molecular weight is 365 g/mol. The van der Waals surface area contributed by atoms with Crippen molar-refractivity contribution >= 4 is 40.9 Å². The van der Waals surface area contributed by atoms with E-state index < -0.39 is 9.75 Å². The van der Waals surface area contributed by atoms with Crippen LogP contribution in [0.15, 0.2) is 0 Å². The molecule has 0 aromatic rings. The van der Waals surface area contributed by atoms with Gasteiger partial charge in [0.1, 0.15) is 4.33 Å². The fourth-order valence-corrected chi connectivity index (χ4v) is 5.55. The first-order chi connectivity index (χ1) is 10.4. The molecule has 0 spiro atoms. The quantitative estimate of drug-likeness (QED) is 0.775. The van der Waals surface area contributed by atoms with Gasteiger partial charge in [-0.1, -0.05) is 19.3 Å². The number of carbonyl (C=O) groups is 1. The maximum atomic E-state index is 12.5. The van der Waals surface area contributed by atoms with E-state index in [1.807, 2.05) is 18.7 Å². The molecular weight excluding hydrogens is 339 g/mol. The highest BCUT2D eigenvalue weighted by Gasteiger charge is 2.68. The molecule has 3 nitrogen and oxygen atoms in total. The molecule has 3 rings (SSSR count). The Morgan fingerprint density at radius 1 is 1.18 bits per heavy atom. The molecule has 0 aromatic heterocycles. The molecule has 2 saturated carbocycles. The van der Waals surface area contributed by atoms with E-state index in [9.17, 15) is 4.79 Å². The Bertz CT molecular complexity index is 434. The van der Waals surface area contributed by atoms with Gasteiger partial charge < -0.3 is 5.32 Å². The van der Waals surface area contributed by atoms with Crippen molar-refractivity contribution in [3.05, 3.63) is 0 Å². The second-order valence-electron chi connectivity index (χ2n) is 7.28. The van der Waals surface area contributed by atoms with E-state index in [2.05, 4.69) is 10.2 Å². The van der Waals surface area contributed by atoms with Gasteiger partial charge in [0, 0.05) is 36.7 Å². The zero-order valence-corrected chi connectivity index (χ0v) is 15.6. The van der Waals surface area contributed by atoms with E-state index in [4.69, 9.17) is 23.2 Å². The van der Waals surface area contributed by atoms with Gasteiger partial charge in [0.25, 0.3) is 0 Å². The molecule has 1 saturated heterocycles. The molecule has 2 aliphatic carbocycles. The van der Waals surface area contributed by atoms with Crippen molar-refractivity contribution < 1.29 is 4.79 Å². The number of hydrogen-bond donors (Lipinski definition) is 1. The Hall–Kier alpha value is 0.360. The summed E-state index contributed by atoms with van der Waals surface area (Å²) in [5, 5.41) is 3.19. The Morgan fingerprint density at radius 3 is 2.32 bits per heavy atom. The minimum absolute atomic E-state index is 0.0221. The van der Waals surface area contributed by atoms with Crippen LogP contribution in [0.1, 0.15) is 45.4 Å². The number of carbonyl (C=O) groups excluding carboxylic acids is 1. The summed E-state index contributed by atoms with van der Waals surface area (Å²) in [7, 11) is 0. The number of hydrogen-bond acceptors (Lipinski definition) is 3. The van der Waals surface area contributed by atoms with Crippen LogP contribution in [-0.4, -0.2) is 51.8 Å². The number of thioether (sulfide) groups is 1. The Balaban J connectivity index is 1.64. The summed E-state index contributed by atoms with van der Waals surface area (Å²) in [6.07, 6.45) is 6.81. The molecule has 1 unspecified atom stereocenters. The van der Waals surface area contributed by atoms with Crippen molar-refractivity contribution in [2.45, 2.75) is 55.3 Å². The lowest BCUT2D eigenvalue weighted by Gasteiger charge is -2.48. The largest absolute Gasteiger partial charge is 0.354 e. The monoisotopic (exact) mass is 364 g/mol. The van der Waals surface area contributed by atoms with Gasteiger partial charge in [-0.3, -0.25) is 9.69 Å². The summed E-state index contributed by atoms with van der Waals surface area (Å²) in [4.78, 5) is 15.1. The highest BCUT2D eigenvalue weighted by molar-refractivity contribution is 7.99. The minimum atomic E-state index is -0.876. The summed E-state index contributed by atoms with van der Waals surface area (Å²) in [5.41, 5.74) is -0.453.